The van der Waals surface area contributed by atoms with Crippen molar-refractivity contribution in [3.63, 3.8) is 0 Å². The SMILES string of the molecule is COc1cccc(C=NCCOCCOCCN=Cc2cccc(OC)c2)c1. The average molecular weight is 384 g/mol. The Morgan fingerprint density at radius 1 is 0.679 bits per heavy atom. The summed E-state index contributed by atoms with van der Waals surface area (Å²) in [6.45, 7) is 3.46. The molecule has 0 N–H and O–H groups in total. The van der Waals surface area contributed by atoms with Crippen LogP contribution >= 0.6 is 0 Å². The molecule has 2 aromatic carbocycles. The van der Waals surface area contributed by atoms with Gasteiger partial charge in [-0.3, -0.25) is 9.98 Å². The lowest BCUT2D eigenvalue weighted by Crippen LogP contribution is -2.08. The van der Waals surface area contributed by atoms with E-state index < -0.39 is 0 Å². The summed E-state index contributed by atoms with van der Waals surface area (Å²) in [6, 6.07) is 15.5. The van der Waals surface area contributed by atoms with Gasteiger partial charge in [0.15, 0.2) is 0 Å². The van der Waals surface area contributed by atoms with Crippen LogP contribution in [0.5, 0.6) is 11.5 Å². The minimum Gasteiger partial charge on any atom is -0.497 e. The maximum atomic E-state index is 5.50. The Kier molecular flexibility index (Phi) is 10.4. The fraction of sp³-hybridized carbons (Fsp3) is 0.364. The van der Waals surface area contributed by atoms with Gasteiger partial charge in [-0.05, 0) is 35.4 Å². The monoisotopic (exact) mass is 384 g/mol. The first kappa shape index (κ1) is 21.6. The van der Waals surface area contributed by atoms with Crippen molar-refractivity contribution in [3.05, 3.63) is 59.7 Å². The molecule has 0 saturated heterocycles. The van der Waals surface area contributed by atoms with Gasteiger partial charge in [-0.25, -0.2) is 0 Å². The minimum atomic E-state index is 0.550. The lowest BCUT2D eigenvalue weighted by Gasteiger charge is -2.03. The average Bonchev–Trinajstić information content (AvgIpc) is 2.74. The molecule has 0 atom stereocenters. The van der Waals surface area contributed by atoms with E-state index in [4.69, 9.17) is 18.9 Å². The summed E-state index contributed by atoms with van der Waals surface area (Å²) in [5.41, 5.74) is 2.02. The molecular formula is C22H28N2O4. The zero-order chi connectivity index (χ0) is 19.9. The van der Waals surface area contributed by atoms with Crippen LogP contribution in [-0.4, -0.2) is 66.2 Å². The predicted molar refractivity (Wildman–Crippen MR) is 113 cm³/mol. The molecule has 0 aromatic heterocycles. The molecule has 0 fully saturated rings. The minimum absolute atomic E-state index is 0.550. The van der Waals surface area contributed by atoms with Gasteiger partial charge >= 0.3 is 0 Å². The normalized spacial score (nSPS) is 11.4. The van der Waals surface area contributed by atoms with Crippen LogP contribution in [0.2, 0.25) is 0 Å². The molecule has 0 saturated carbocycles. The number of aliphatic imine (C=N–C) groups is 2. The molecule has 0 aliphatic carbocycles. The third-order valence-electron chi connectivity index (χ3n) is 3.77. The van der Waals surface area contributed by atoms with E-state index in [1.54, 1.807) is 14.2 Å². The summed E-state index contributed by atoms with van der Waals surface area (Å²) < 4.78 is 21.4. The van der Waals surface area contributed by atoms with E-state index in [0.717, 1.165) is 22.6 Å². The van der Waals surface area contributed by atoms with Crippen LogP contribution in [0, 0.1) is 0 Å². The number of benzene rings is 2. The molecule has 0 amide bonds. The molecule has 6 heteroatoms. The molecule has 28 heavy (non-hydrogen) atoms. The van der Waals surface area contributed by atoms with Crippen molar-refractivity contribution in [1.29, 1.82) is 0 Å². The predicted octanol–water partition coefficient (Wildman–Crippen LogP) is 3.28. The molecule has 0 bridgehead atoms. The Balaban J connectivity index is 1.47. The third-order valence-corrected chi connectivity index (χ3v) is 3.77. The summed E-state index contributed by atoms with van der Waals surface area (Å²) in [5, 5.41) is 0. The van der Waals surface area contributed by atoms with E-state index >= 15 is 0 Å². The van der Waals surface area contributed by atoms with E-state index in [1.165, 1.54) is 0 Å². The summed E-state index contributed by atoms with van der Waals surface area (Å²) in [7, 11) is 3.30. The molecule has 0 heterocycles. The first-order chi connectivity index (χ1) is 13.8. The van der Waals surface area contributed by atoms with Crippen molar-refractivity contribution in [1.82, 2.24) is 0 Å². The fourth-order valence-electron chi connectivity index (χ4n) is 2.34. The van der Waals surface area contributed by atoms with Gasteiger partial charge in [-0.15, -0.1) is 0 Å². The Morgan fingerprint density at radius 3 is 1.57 bits per heavy atom. The maximum absolute atomic E-state index is 5.50. The second kappa shape index (κ2) is 13.5. The van der Waals surface area contributed by atoms with Gasteiger partial charge < -0.3 is 18.9 Å². The van der Waals surface area contributed by atoms with Gasteiger partial charge in [-0.1, -0.05) is 24.3 Å². The summed E-state index contributed by atoms with van der Waals surface area (Å²) >= 11 is 0. The van der Waals surface area contributed by atoms with Crippen molar-refractivity contribution in [2.75, 3.05) is 53.7 Å². The van der Waals surface area contributed by atoms with E-state index in [-0.39, 0.29) is 0 Å². The lowest BCUT2D eigenvalue weighted by molar-refractivity contribution is 0.0541. The van der Waals surface area contributed by atoms with Gasteiger partial charge in [0.05, 0.1) is 53.7 Å². The highest BCUT2D eigenvalue weighted by molar-refractivity contribution is 5.80. The first-order valence-corrected chi connectivity index (χ1v) is 9.25. The molecule has 0 radical (unpaired) electrons. The second-order valence-corrected chi connectivity index (χ2v) is 5.85. The van der Waals surface area contributed by atoms with Crippen LogP contribution in [0.3, 0.4) is 0 Å². The number of methoxy groups -OCH3 is 2. The number of nitrogens with zero attached hydrogens (tertiary/aromatic N) is 2. The van der Waals surface area contributed by atoms with E-state index in [0.29, 0.717) is 39.5 Å². The largest absolute Gasteiger partial charge is 0.497 e. The first-order valence-electron chi connectivity index (χ1n) is 9.25. The number of rotatable bonds is 13. The van der Waals surface area contributed by atoms with Crippen molar-refractivity contribution < 1.29 is 18.9 Å². The molecule has 2 rings (SSSR count). The molecule has 0 spiro atoms. The molecule has 6 nitrogen and oxygen atoms in total. The van der Waals surface area contributed by atoms with E-state index in [1.807, 2.05) is 61.0 Å². The maximum Gasteiger partial charge on any atom is 0.119 e. The fourth-order valence-corrected chi connectivity index (χ4v) is 2.34. The van der Waals surface area contributed by atoms with Gasteiger partial charge in [0, 0.05) is 12.4 Å². The van der Waals surface area contributed by atoms with Gasteiger partial charge in [-0.2, -0.15) is 0 Å². The molecular weight excluding hydrogens is 356 g/mol. The third kappa shape index (κ3) is 8.79. The van der Waals surface area contributed by atoms with Crippen LogP contribution in [0.1, 0.15) is 11.1 Å². The Morgan fingerprint density at radius 2 is 1.14 bits per heavy atom. The molecule has 150 valence electrons. The van der Waals surface area contributed by atoms with Crippen molar-refractivity contribution in [2.45, 2.75) is 0 Å². The van der Waals surface area contributed by atoms with Gasteiger partial charge in [0.1, 0.15) is 11.5 Å². The van der Waals surface area contributed by atoms with Gasteiger partial charge in [0.25, 0.3) is 0 Å². The summed E-state index contributed by atoms with van der Waals surface area (Å²) in [5.74, 6) is 1.65. The topological polar surface area (TPSA) is 61.6 Å². The Hall–Kier alpha value is -2.70. The van der Waals surface area contributed by atoms with Crippen LogP contribution in [0.4, 0.5) is 0 Å². The summed E-state index contributed by atoms with van der Waals surface area (Å²) in [6.07, 6.45) is 3.64. The van der Waals surface area contributed by atoms with Crippen molar-refractivity contribution >= 4 is 12.4 Å². The summed E-state index contributed by atoms with van der Waals surface area (Å²) in [4.78, 5) is 8.68. The lowest BCUT2D eigenvalue weighted by atomic mass is 10.2. The van der Waals surface area contributed by atoms with Gasteiger partial charge in [0.2, 0.25) is 0 Å². The standard InChI is InChI=1S/C22H28N2O4/c1-25-21-7-3-5-19(15-21)17-23-9-11-27-13-14-28-12-10-24-18-20-6-4-8-22(16-20)26-2/h3-8,15-18H,9-14H2,1-2H3. The highest BCUT2D eigenvalue weighted by atomic mass is 16.5. The highest BCUT2D eigenvalue weighted by Gasteiger charge is 1.94. The number of ether oxygens (including phenoxy) is 4. The van der Waals surface area contributed by atoms with Crippen molar-refractivity contribution in [2.24, 2.45) is 9.98 Å². The van der Waals surface area contributed by atoms with Crippen LogP contribution in [-0.2, 0) is 9.47 Å². The number of hydrogen-bond donors (Lipinski definition) is 0. The zero-order valence-corrected chi connectivity index (χ0v) is 16.5. The van der Waals surface area contributed by atoms with Crippen LogP contribution < -0.4 is 9.47 Å². The van der Waals surface area contributed by atoms with E-state index in [9.17, 15) is 0 Å². The molecule has 0 aliphatic heterocycles. The quantitative estimate of drug-likeness (QED) is 0.393. The van der Waals surface area contributed by atoms with Crippen LogP contribution in [0.25, 0.3) is 0 Å². The van der Waals surface area contributed by atoms with E-state index in [2.05, 4.69) is 9.98 Å². The zero-order valence-electron chi connectivity index (χ0n) is 16.5. The molecule has 0 unspecified atom stereocenters. The Labute approximate surface area is 166 Å². The van der Waals surface area contributed by atoms with Crippen LogP contribution in [0.15, 0.2) is 58.5 Å². The number of hydrogen-bond acceptors (Lipinski definition) is 6. The molecule has 2 aromatic rings. The highest BCUT2D eigenvalue weighted by Crippen LogP contribution is 2.11. The second-order valence-electron chi connectivity index (χ2n) is 5.85. The smallest absolute Gasteiger partial charge is 0.119 e. The molecule has 0 aliphatic rings. The Bertz CT molecular complexity index is 683. The van der Waals surface area contributed by atoms with Crippen molar-refractivity contribution in [3.8, 4) is 11.5 Å².